The van der Waals surface area contributed by atoms with E-state index in [1.54, 1.807) is 0 Å². The highest BCUT2D eigenvalue weighted by atomic mass is 16.4. The summed E-state index contributed by atoms with van der Waals surface area (Å²) in [6.07, 6.45) is 1.72. The van der Waals surface area contributed by atoms with Gasteiger partial charge in [0.05, 0.1) is 36.4 Å². The topological polar surface area (TPSA) is 118 Å². The molecule has 204 valence electrons. The Bertz CT molecular complexity index is 986. The van der Waals surface area contributed by atoms with Gasteiger partial charge in [0.25, 0.3) is 0 Å². The van der Waals surface area contributed by atoms with Gasteiger partial charge in [-0.25, -0.2) is 0 Å². The molecule has 6 heteroatoms. The van der Waals surface area contributed by atoms with Crippen molar-refractivity contribution in [3.63, 3.8) is 0 Å². The van der Waals surface area contributed by atoms with Gasteiger partial charge in [0, 0.05) is 17.3 Å². The Balaban J connectivity index is 1.68. The number of rotatable bonds is 1. The number of aliphatic hydroxyl groups excluding tert-OH is 5. The van der Waals surface area contributed by atoms with E-state index in [-0.39, 0.29) is 34.0 Å². The Morgan fingerprint density at radius 2 is 1.47 bits per heavy atom. The monoisotopic (exact) mass is 504 g/mol. The first-order valence-electron chi connectivity index (χ1n) is 14.0. The number of hydrogen-bond donors (Lipinski definition) is 5. The molecule has 5 N–H and O–H groups in total. The molecule has 5 aliphatic rings. The predicted molar refractivity (Wildman–Crippen MR) is 137 cm³/mol. The molecule has 4 fully saturated rings. The lowest BCUT2D eigenvalue weighted by atomic mass is 9.32. The van der Waals surface area contributed by atoms with E-state index < -0.39 is 47.3 Å². The van der Waals surface area contributed by atoms with Gasteiger partial charge in [-0.05, 0) is 66.1 Å². The lowest BCUT2D eigenvalue weighted by molar-refractivity contribution is -0.285. The highest BCUT2D eigenvalue weighted by molar-refractivity contribution is 5.85. The van der Waals surface area contributed by atoms with Gasteiger partial charge in [-0.1, -0.05) is 60.1 Å². The Kier molecular flexibility index (Phi) is 5.70. The molecule has 0 aliphatic heterocycles. The van der Waals surface area contributed by atoms with E-state index >= 15 is 0 Å². The molecular weight excluding hydrogens is 456 g/mol. The molecule has 0 aromatic rings. The van der Waals surface area contributed by atoms with Crippen LogP contribution in [0.3, 0.4) is 0 Å². The number of carbonyl (C=O) groups excluding carboxylic acids is 1. The van der Waals surface area contributed by atoms with Crippen molar-refractivity contribution in [2.75, 3.05) is 6.61 Å². The zero-order chi connectivity index (χ0) is 26.9. The Morgan fingerprint density at radius 3 is 2.08 bits per heavy atom. The molecule has 0 amide bonds. The molecule has 5 aliphatic carbocycles. The second kappa shape index (κ2) is 7.65. The highest BCUT2D eigenvalue weighted by Gasteiger charge is 2.74. The maximum absolute atomic E-state index is 12.9. The smallest absolute Gasteiger partial charge is 0.138 e. The van der Waals surface area contributed by atoms with Crippen LogP contribution in [-0.4, -0.2) is 62.3 Å². The third-order valence-electron chi connectivity index (χ3n) is 13.3. The molecular formula is C30H48O6. The van der Waals surface area contributed by atoms with E-state index in [0.29, 0.717) is 18.6 Å². The van der Waals surface area contributed by atoms with Crippen molar-refractivity contribution in [2.24, 2.45) is 50.2 Å². The quantitative estimate of drug-likeness (QED) is 0.350. The minimum Gasteiger partial charge on any atom is -0.396 e. The molecule has 0 aromatic carbocycles. The number of ketones is 1. The first kappa shape index (κ1) is 26.8. The van der Waals surface area contributed by atoms with Gasteiger partial charge < -0.3 is 25.5 Å². The predicted octanol–water partition coefficient (Wildman–Crippen LogP) is 3.23. The van der Waals surface area contributed by atoms with Gasteiger partial charge in [0.1, 0.15) is 5.78 Å². The van der Waals surface area contributed by atoms with Gasteiger partial charge in [-0.2, -0.15) is 0 Å². The van der Waals surface area contributed by atoms with Crippen LogP contribution in [0, 0.1) is 50.2 Å². The zero-order valence-electron chi connectivity index (χ0n) is 23.2. The number of allylic oxidation sites excluding steroid dienone is 1. The summed E-state index contributed by atoms with van der Waals surface area (Å²) >= 11 is 0. The first-order valence-corrected chi connectivity index (χ1v) is 14.0. The summed E-state index contributed by atoms with van der Waals surface area (Å²) in [5, 5.41) is 56.7. The number of carbonyl (C=O) groups is 1. The SMILES string of the molecule is CC1(C)CC2C3=CCC4C5(C)CCC(=O)C(C)(C)C5CCC4(C)C3(C)C(O)C(O)C2(CO)C(O)C1O. The van der Waals surface area contributed by atoms with Crippen LogP contribution in [0.25, 0.3) is 0 Å². The summed E-state index contributed by atoms with van der Waals surface area (Å²) in [5.41, 5.74) is -2.51. The van der Waals surface area contributed by atoms with E-state index in [4.69, 9.17) is 0 Å². The minimum atomic E-state index is -1.41. The molecule has 11 unspecified atom stereocenters. The van der Waals surface area contributed by atoms with Gasteiger partial charge in [0.2, 0.25) is 0 Å². The lowest BCUT2D eigenvalue weighted by Gasteiger charge is -2.73. The van der Waals surface area contributed by atoms with E-state index in [2.05, 4.69) is 40.7 Å². The molecule has 6 nitrogen and oxygen atoms in total. The van der Waals surface area contributed by atoms with Crippen LogP contribution >= 0.6 is 0 Å². The average Bonchev–Trinajstić information content (AvgIpc) is 2.80. The van der Waals surface area contributed by atoms with E-state index in [0.717, 1.165) is 31.3 Å². The van der Waals surface area contributed by atoms with Gasteiger partial charge in [0.15, 0.2) is 0 Å². The van der Waals surface area contributed by atoms with Crippen molar-refractivity contribution in [3.8, 4) is 0 Å². The van der Waals surface area contributed by atoms with Crippen LogP contribution in [0.4, 0.5) is 0 Å². The van der Waals surface area contributed by atoms with Crippen LogP contribution in [0.15, 0.2) is 11.6 Å². The number of fused-ring (bicyclic) bond motifs is 7. The van der Waals surface area contributed by atoms with Gasteiger partial charge in [-0.15, -0.1) is 0 Å². The lowest BCUT2D eigenvalue weighted by Crippen LogP contribution is -2.75. The van der Waals surface area contributed by atoms with Crippen LogP contribution < -0.4 is 0 Å². The number of aliphatic hydroxyl groups is 5. The molecule has 11 atom stereocenters. The second-order valence-electron chi connectivity index (χ2n) is 15.1. The van der Waals surface area contributed by atoms with Gasteiger partial charge in [-0.3, -0.25) is 4.79 Å². The summed E-state index contributed by atoms with van der Waals surface area (Å²) in [4.78, 5) is 12.9. The normalized spacial score (nSPS) is 55.5. The van der Waals surface area contributed by atoms with E-state index in [1.165, 1.54) is 0 Å². The first-order chi connectivity index (χ1) is 16.5. The zero-order valence-corrected chi connectivity index (χ0v) is 23.2. The Labute approximate surface area is 216 Å². The summed E-state index contributed by atoms with van der Waals surface area (Å²) in [7, 11) is 0. The van der Waals surface area contributed by atoms with Crippen molar-refractivity contribution in [2.45, 2.75) is 111 Å². The maximum atomic E-state index is 12.9. The maximum Gasteiger partial charge on any atom is 0.138 e. The van der Waals surface area contributed by atoms with E-state index in [1.807, 2.05) is 13.8 Å². The van der Waals surface area contributed by atoms with Crippen LogP contribution in [0.5, 0.6) is 0 Å². The van der Waals surface area contributed by atoms with Crippen LogP contribution in [0.2, 0.25) is 0 Å². The molecule has 0 heterocycles. The van der Waals surface area contributed by atoms with E-state index in [9.17, 15) is 30.3 Å². The fraction of sp³-hybridized carbons (Fsp3) is 0.900. The molecule has 0 spiro atoms. The van der Waals surface area contributed by atoms with Crippen molar-refractivity contribution in [1.82, 2.24) is 0 Å². The Morgan fingerprint density at radius 1 is 0.861 bits per heavy atom. The summed E-state index contributed by atoms with van der Waals surface area (Å²) in [6, 6.07) is 0. The highest BCUT2D eigenvalue weighted by Crippen LogP contribution is 2.75. The molecule has 0 bridgehead atoms. The molecule has 0 aromatic heterocycles. The van der Waals surface area contributed by atoms with Crippen molar-refractivity contribution < 1.29 is 30.3 Å². The number of Topliss-reactive ketones (excluding diaryl/α,β-unsaturated/α-hetero) is 1. The molecule has 4 saturated carbocycles. The molecule has 36 heavy (non-hydrogen) atoms. The fourth-order valence-electron chi connectivity index (χ4n) is 10.8. The van der Waals surface area contributed by atoms with Gasteiger partial charge >= 0.3 is 0 Å². The third-order valence-corrected chi connectivity index (χ3v) is 13.3. The summed E-state index contributed by atoms with van der Waals surface area (Å²) < 4.78 is 0. The standard InChI is InChI=1S/C30H48O6/c1-25(2)14-17-16-8-9-19-27(5)12-11-20(32)26(3,4)18(27)10-13-28(19,6)29(16,7)22(34)24(36)30(17,15-31)23(35)21(25)33/h8,17-19,21-24,31,33-36H,9-15H2,1-7H3. The summed E-state index contributed by atoms with van der Waals surface area (Å²) in [5.74, 6) is 0.507. The van der Waals surface area contributed by atoms with Crippen molar-refractivity contribution in [1.29, 1.82) is 0 Å². The second-order valence-corrected chi connectivity index (χ2v) is 15.1. The number of hydrogen-bond acceptors (Lipinski definition) is 6. The molecule has 0 saturated heterocycles. The van der Waals surface area contributed by atoms with Crippen molar-refractivity contribution in [3.05, 3.63) is 11.6 Å². The van der Waals surface area contributed by atoms with Crippen LogP contribution in [-0.2, 0) is 4.79 Å². The molecule has 0 radical (unpaired) electrons. The molecule has 5 rings (SSSR count). The summed E-state index contributed by atoms with van der Waals surface area (Å²) in [6.45, 7) is 14.3. The van der Waals surface area contributed by atoms with Crippen molar-refractivity contribution >= 4 is 5.78 Å². The fourth-order valence-corrected chi connectivity index (χ4v) is 10.8. The Hall–Kier alpha value is -0.790. The third kappa shape index (κ3) is 2.79. The van der Waals surface area contributed by atoms with Crippen LogP contribution in [0.1, 0.15) is 87.0 Å². The average molecular weight is 505 g/mol. The minimum absolute atomic E-state index is 0.0623. The largest absolute Gasteiger partial charge is 0.396 e.